The third-order valence-electron chi connectivity index (χ3n) is 6.86. The first-order valence-corrected chi connectivity index (χ1v) is 12.2. The zero-order chi connectivity index (χ0) is 26.3. The van der Waals surface area contributed by atoms with E-state index in [0.29, 0.717) is 12.0 Å². The van der Waals surface area contributed by atoms with Gasteiger partial charge in [-0.3, -0.25) is 0 Å². The molecule has 0 aromatic carbocycles. The molecule has 190 valence electrons. The maximum absolute atomic E-state index is 11.4. The number of methoxy groups -OCH3 is 1. The molecule has 0 aromatic rings. The second-order valence-corrected chi connectivity index (χ2v) is 10.6. The third-order valence-corrected chi connectivity index (χ3v) is 6.86. The molecular formula is C31H42O4. The minimum atomic E-state index is -0.848. The van der Waals surface area contributed by atoms with Crippen LogP contribution in [-0.4, -0.2) is 35.5 Å². The number of allylic oxidation sites excluding steroid dienone is 14. The quantitative estimate of drug-likeness (QED) is 0.223. The van der Waals surface area contributed by atoms with Crippen LogP contribution in [0.2, 0.25) is 0 Å². The van der Waals surface area contributed by atoms with E-state index >= 15 is 0 Å². The zero-order valence-electron chi connectivity index (χ0n) is 22.6. The van der Waals surface area contributed by atoms with E-state index in [-0.39, 0.29) is 17.5 Å². The van der Waals surface area contributed by atoms with E-state index in [1.54, 1.807) is 13.0 Å². The van der Waals surface area contributed by atoms with Gasteiger partial charge in [0, 0.05) is 17.4 Å². The summed E-state index contributed by atoms with van der Waals surface area (Å²) >= 11 is 0. The molecule has 0 aromatic heterocycles. The average Bonchev–Trinajstić information content (AvgIpc) is 3.19. The van der Waals surface area contributed by atoms with Crippen LogP contribution in [0.3, 0.4) is 0 Å². The Labute approximate surface area is 211 Å². The predicted octanol–water partition coefficient (Wildman–Crippen LogP) is 6.88. The van der Waals surface area contributed by atoms with Gasteiger partial charge in [0.25, 0.3) is 0 Å². The number of ether oxygens (including phenoxy) is 2. The minimum Gasteiger partial charge on any atom is -0.466 e. The SMILES string of the molecule is COC(=O)/C(C)=C/C=C/C(C)=C/C=C/C=C(C)/C=C/C=C(C)/C=C/[C@@]12O[C@H](CC1(C)C)C[C@]2(C)O. The smallest absolute Gasteiger partial charge is 0.333 e. The fourth-order valence-electron chi connectivity index (χ4n) is 4.95. The fraction of sp³-hybridized carbons (Fsp3) is 0.452. The van der Waals surface area contributed by atoms with Gasteiger partial charge in [-0.05, 0) is 47.1 Å². The standard InChI is InChI=1S/C31H42O4/c1-23(13-9-10-14-24(2)17-12-18-26(4)28(32)34-8)15-11-16-25(3)19-20-31-29(5,6)21-27(35-31)22-30(31,7)33/h9-20,27,33H,21-22H2,1-8H3/b10-9+,15-11+,17-12+,20-19+,23-13+,24-14+,25-16+,26-18+/t27-,30+,31-/m1/s1. The number of rotatable bonds is 9. The number of carbonyl (C=O) groups is 1. The molecule has 2 aliphatic rings. The molecule has 35 heavy (non-hydrogen) atoms. The number of hydrogen-bond donors (Lipinski definition) is 1. The van der Waals surface area contributed by atoms with Crippen LogP contribution >= 0.6 is 0 Å². The molecule has 4 nitrogen and oxygen atoms in total. The second kappa shape index (κ2) is 11.8. The number of esters is 1. The van der Waals surface area contributed by atoms with Gasteiger partial charge in [0.2, 0.25) is 0 Å². The van der Waals surface area contributed by atoms with Gasteiger partial charge in [0.1, 0.15) is 5.60 Å². The van der Waals surface area contributed by atoms with E-state index in [1.807, 2.05) is 56.4 Å². The number of aliphatic hydroxyl groups is 1. The van der Waals surface area contributed by atoms with Gasteiger partial charge in [-0.1, -0.05) is 97.4 Å². The van der Waals surface area contributed by atoms with Crippen molar-refractivity contribution >= 4 is 5.97 Å². The Balaban J connectivity index is 1.94. The van der Waals surface area contributed by atoms with Crippen molar-refractivity contribution in [3.05, 3.63) is 95.2 Å². The summed E-state index contributed by atoms with van der Waals surface area (Å²) in [7, 11) is 1.38. The Morgan fingerprint density at radius 3 is 1.86 bits per heavy atom. The molecule has 0 saturated carbocycles. The van der Waals surface area contributed by atoms with Gasteiger partial charge >= 0.3 is 5.97 Å². The molecule has 0 radical (unpaired) electrons. The molecule has 0 unspecified atom stereocenters. The summed E-state index contributed by atoms with van der Waals surface area (Å²) in [5.41, 5.74) is 2.29. The molecule has 0 amide bonds. The van der Waals surface area contributed by atoms with Crippen molar-refractivity contribution in [3.63, 3.8) is 0 Å². The lowest BCUT2D eigenvalue weighted by atomic mass is 9.61. The lowest BCUT2D eigenvalue weighted by Gasteiger charge is -2.46. The third kappa shape index (κ3) is 7.16. The van der Waals surface area contributed by atoms with Gasteiger partial charge < -0.3 is 14.6 Å². The fourth-order valence-corrected chi connectivity index (χ4v) is 4.95. The van der Waals surface area contributed by atoms with Crippen molar-refractivity contribution in [2.45, 2.75) is 78.6 Å². The van der Waals surface area contributed by atoms with Gasteiger partial charge in [-0.2, -0.15) is 0 Å². The van der Waals surface area contributed by atoms with Crippen LogP contribution in [0.4, 0.5) is 0 Å². The molecular weight excluding hydrogens is 436 g/mol. The van der Waals surface area contributed by atoms with Crippen LogP contribution in [-0.2, 0) is 14.3 Å². The molecule has 3 atom stereocenters. The van der Waals surface area contributed by atoms with Crippen LogP contribution in [0.5, 0.6) is 0 Å². The molecule has 2 heterocycles. The van der Waals surface area contributed by atoms with Crippen molar-refractivity contribution in [1.82, 2.24) is 0 Å². The second-order valence-electron chi connectivity index (χ2n) is 10.6. The van der Waals surface area contributed by atoms with E-state index in [1.165, 1.54) is 7.11 Å². The molecule has 1 N–H and O–H groups in total. The first-order chi connectivity index (χ1) is 16.3. The highest BCUT2D eigenvalue weighted by Gasteiger charge is 2.67. The lowest BCUT2D eigenvalue weighted by molar-refractivity contribution is -0.136. The Bertz CT molecular complexity index is 1000. The van der Waals surface area contributed by atoms with E-state index in [0.717, 1.165) is 23.1 Å². The molecule has 2 fully saturated rings. The highest BCUT2D eigenvalue weighted by Crippen LogP contribution is 2.60. The predicted molar refractivity (Wildman–Crippen MR) is 145 cm³/mol. The van der Waals surface area contributed by atoms with Crippen molar-refractivity contribution in [1.29, 1.82) is 0 Å². The Morgan fingerprint density at radius 2 is 1.34 bits per heavy atom. The summed E-state index contributed by atoms with van der Waals surface area (Å²) in [5.74, 6) is -0.322. The molecule has 2 bridgehead atoms. The normalized spacial score (nSPS) is 30.0. The van der Waals surface area contributed by atoms with E-state index in [4.69, 9.17) is 4.74 Å². The number of hydrogen-bond acceptors (Lipinski definition) is 4. The summed E-state index contributed by atoms with van der Waals surface area (Å²) in [6.45, 7) is 14.1. The van der Waals surface area contributed by atoms with Crippen molar-refractivity contribution in [2.24, 2.45) is 5.41 Å². The van der Waals surface area contributed by atoms with E-state index in [2.05, 4.69) is 56.7 Å². The van der Waals surface area contributed by atoms with Crippen molar-refractivity contribution in [2.75, 3.05) is 7.11 Å². The minimum absolute atomic E-state index is 0.0982. The highest BCUT2D eigenvalue weighted by atomic mass is 16.5. The van der Waals surface area contributed by atoms with Crippen LogP contribution in [0.15, 0.2) is 95.2 Å². The summed E-state index contributed by atoms with van der Waals surface area (Å²) in [5, 5.41) is 11.0. The van der Waals surface area contributed by atoms with Crippen LogP contribution in [0.1, 0.15) is 61.3 Å². The van der Waals surface area contributed by atoms with Gasteiger partial charge in [0.05, 0.1) is 18.8 Å². The van der Waals surface area contributed by atoms with Crippen LogP contribution in [0, 0.1) is 5.41 Å². The van der Waals surface area contributed by atoms with Crippen molar-refractivity contribution < 1.29 is 19.4 Å². The summed E-state index contributed by atoms with van der Waals surface area (Å²) < 4.78 is 10.9. The summed E-state index contributed by atoms with van der Waals surface area (Å²) in [6, 6.07) is 0. The average molecular weight is 479 g/mol. The van der Waals surface area contributed by atoms with E-state index < -0.39 is 11.2 Å². The maximum atomic E-state index is 11.4. The summed E-state index contributed by atoms with van der Waals surface area (Å²) in [4.78, 5) is 11.4. The largest absolute Gasteiger partial charge is 0.466 e. The van der Waals surface area contributed by atoms with Crippen LogP contribution in [0.25, 0.3) is 0 Å². The molecule has 2 aliphatic heterocycles. The Kier molecular flexibility index (Phi) is 9.65. The molecule has 0 spiro atoms. The molecule has 2 saturated heterocycles. The number of fused-ring (bicyclic) bond motifs is 2. The molecule has 2 rings (SSSR count). The van der Waals surface area contributed by atoms with Crippen LogP contribution < -0.4 is 0 Å². The van der Waals surface area contributed by atoms with Gasteiger partial charge in [0.15, 0.2) is 0 Å². The highest BCUT2D eigenvalue weighted by molar-refractivity contribution is 5.87. The topological polar surface area (TPSA) is 55.8 Å². The Morgan fingerprint density at radius 1 is 0.829 bits per heavy atom. The number of carbonyl (C=O) groups excluding carboxylic acids is 1. The zero-order valence-corrected chi connectivity index (χ0v) is 22.6. The van der Waals surface area contributed by atoms with Crippen molar-refractivity contribution in [3.8, 4) is 0 Å². The Hall–Kier alpha value is -2.69. The maximum Gasteiger partial charge on any atom is 0.333 e. The lowest BCUT2D eigenvalue weighted by Crippen LogP contribution is -2.56. The first-order valence-electron chi connectivity index (χ1n) is 12.2. The first kappa shape index (κ1) is 28.5. The van der Waals surface area contributed by atoms with E-state index in [9.17, 15) is 9.90 Å². The molecule has 0 aliphatic carbocycles. The summed E-state index contributed by atoms with van der Waals surface area (Å²) in [6.07, 6.45) is 25.7. The van der Waals surface area contributed by atoms with Gasteiger partial charge in [-0.15, -0.1) is 0 Å². The van der Waals surface area contributed by atoms with Gasteiger partial charge in [-0.25, -0.2) is 4.79 Å². The molecule has 4 heteroatoms. The monoisotopic (exact) mass is 478 g/mol.